The number of nitrogens with zero attached hydrogens (tertiary/aromatic N) is 1. The van der Waals surface area contributed by atoms with Gasteiger partial charge >= 0.3 is 24.0 Å². The number of alkyl carbamates (subject to hydrolysis) is 1. The highest BCUT2D eigenvalue weighted by atomic mass is 16.7. The van der Waals surface area contributed by atoms with E-state index in [0.29, 0.717) is 24.4 Å². The Labute approximate surface area is 274 Å². The number of esters is 2. The maximum atomic E-state index is 13.6. The minimum absolute atomic E-state index is 0.0302. The standard InChI is InChI=1S/C34H43N3O10/c1-9-18(3)27(37-33(43)47-34(5,6)7)31(41)45-19(4)46-32(42)28-22(13-14-25(36-28)29(38)35-17-20-11-12-20)23-16-26(44-8)21(10-2)15-24(23)30(39)40/h10,13-16,18-20,27H,2,9,11-12,17H2,1,3-8H3,(H,35,38)(H,37,43)(H,39,40)/t18-,19?,27-/m0/s1. The van der Waals surface area contributed by atoms with Gasteiger partial charge in [0.05, 0.1) is 12.7 Å². The number of ether oxygens (including phenoxy) is 4. The molecule has 1 unspecified atom stereocenters. The number of carboxylic acid groups (broad SMARTS) is 1. The summed E-state index contributed by atoms with van der Waals surface area (Å²) < 4.78 is 21.5. The van der Waals surface area contributed by atoms with Crippen molar-refractivity contribution >= 4 is 36.0 Å². The largest absolute Gasteiger partial charge is 0.496 e. The monoisotopic (exact) mass is 653 g/mol. The number of hydrogen-bond acceptors (Lipinski definition) is 10. The van der Waals surface area contributed by atoms with Crippen LogP contribution in [-0.4, -0.2) is 71.6 Å². The van der Waals surface area contributed by atoms with Gasteiger partial charge < -0.3 is 34.7 Å². The summed E-state index contributed by atoms with van der Waals surface area (Å²) in [6.07, 6.45) is 1.66. The highest BCUT2D eigenvalue weighted by molar-refractivity contribution is 6.04. The van der Waals surface area contributed by atoms with Gasteiger partial charge in [0.15, 0.2) is 5.69 Å². The number of amides is 2. The molecule has 0 saturated heterocycles. The van der Waals surface area contributed by atoms with Crippen molar-refractivity contribution in [3.05, 3.63) is 53.4 Å². The third-order valence-electron chi connectivity index (χ3n) is 7.37. The number of hydrogen-bond donors (Lipinski definition) is 3. The van der Waals surface area contributed by atoms with Gasteiger partial charge in [0, 0.05) is 30.2 Å². The van der Waals surface area contributed by atoms with Crippen molar-refractivity contribution < 1.29 is 48.0 Å². The van der Waals surface area contributed by atoms with Crippen molar-refractivity contribution in [3.8, 4) is 16.9 Å². The van der Waals surface area contributed by atoms with E-state index in [1.165, 1.54) is 44.4 Å². The molecule has 13 nitrogen and oxygen atoms in total. The van der Waals surface area contributed by atoms with Crippen molar-refractivity contribution in [3.63, 3.8) is 0 Å². The number of carbonyl (C=O) groups excluding carboxylic acids is 4. The smallest absolute Gasteiger partial charge is 0.408 e. The number of aromatic carboxylic acids is 1. The van der Waals surface area contributed by atoms with E-state index in [0.717, 1.165) is 12.8 Å². The van der Waals surface area contributed by atoms with Gasteiger partial charge in [-0.15, -0.1) is 0 Å². The molecule has 1 fully saturated rings. The van der Waals surface area contributed by atoms with Gasteiger partial charge in [-0.3, -0.25) is 4.79 Å². The Hall–Kier alpha value is -4.94. The molecule has 0 radical (unpaired) electrons. The van der Waals surface area contributed by atoms with E-state index in [4.69, 9.17) is 18.9 Å². The molecule has 1 aliphatic carbocycles. The minimum atomic E-state index is -1.47. The lowest BCUT2D eigenvalue weighted by molar-refractivity contribution is -0.169. The van der Waals surface area contributed by atoms with E-state index in [1.807, 2.05) is 6.92 Å². The summed E-state index contributed by atoms with van der Waals surface area (Å²) in [7, 11) is 1.40. The summed E-state index contributed by atoms with van der Waals surface area (Å²) in [5, 5.41) is 15.3. The van der Waals surface area contributed by atoms with Crippen molar-refractivity contribution in [2.45, 2.75) is 78.7 Å². The molecule has 0 bridgehead atoms. The maximum Gasteiger partial charge on any atom is 0.408 e. The quantitative estimate of drug-likeness (QED) is 0.180. The molecule has 3 atom stereocenters. The van der Waals surface area contributed by atoms with E-state index >= 15 is 0 Å². The predicted molar refractivity (Wildman–Crippen MR) is 172 cm³/mol. The normalized spacial score (nSPS) is 14.5. The molecule has 1 aliphatic rings. The Morgan fingerprint density at radius 3 is 2.32 bits per heavy atom. The van der Waals surface area contributed by atoms with Crippen LogP contribution in [0.5, 0.6) is 5.75 Å². The number of carbonyl (C=O) groups is 5. The minimum Gasteiger partial charge on any atom is -0.496 e. The first-order valence-electron chi connectivity index (χ1n) is 15.4. The Balaban J connectivity index is 1.96. The van der Waals surface area contributed by atoms with Crippen LogP contribution in [0.3, 0.4) is 0 Å². The molecule has 1 aromatic heterocycles. The Morgan fingerprint density at radius 2 is 1.77 bits per heavy atom. The number of pyridine rings is 1. The SMILES string of the molecule is C=Cc1cc(C(=O)O)c(-c2ccc(C(=O)NCC3CC3)nc2C(=O)OC(C)OC(=O)[C@@H](NC(=O)OC(C)(C)C)[C@@H](C)CC)cc1OC. The molecule has 254 valence electrons. The van der Waals surface area contributed by atoms with E-state index in [2.05, 4.69) is 22.2 Å². The zero-order chi connectivity index (χ0) is 35.1. The summed E-state index contributed by atoms with van der Waals surface area (Å²) in [6.45, 7) is 14.1. The lowest BCUT2D eigenvalue weighted by Crippen LogP contribution is -2.48. The number of methoxy groups -OCH3 is 1. The van der Waals surface area contributed by atoms with Crippen molar-refractivity contribution in [1.29, 1.82) is 0 Å². The highest BCUT2D eigenvalue weighted by Gasteiger charge is 2.32. The summed E-state index contributed by atoms with van der Waals surface area (Å²) in [5.74, 6) is -3.49. The van der Waals surface area contributed by atoms with Crippen LogP contribution in [-0.2, 0) is 19.0 Å². The fourth-order valence-electron chi connectivity index (χ4n) is 4.51. The van der Waals surface area contributed by atoms with Crippen LogP contribution in [0.25, 0.3) is 17.2 Å². The first kappa shape index (κ1) is 36.5. The number of benzene rings is 1. The second-order valence-electron chi connectivity index (χ2n) is 12.3. The van der Waals surface area contributed by atoms with E-state index in [-0.39, 0.29) is 34.1 Å². The molecule has 1 heterocycles. The van der Waals surface area contributed by atoms with Crippen molar-refractivity contribution in [1.82, 2.24) is 15.6 Å². The van der Waals surface area contributed by atoms with Gasteiger partial charge in [-0.25, -0.2) is 24.2 Å². The second kappa shape index (κ2) is 15.6. The molecule has 2 aromatic rings. The molecule has 47 heavy (non-hydrogen) atoms. The van der Waals surface area contributed by atoms with Crippen LogP contribution in [0.15, 0.2) is 30.8 Å². The van der Waals surface area contributed by atoms with Gasteiger partial charge in [-0.1, -0.05) is 32.9 Å². The summed E-state index contributed by atoms with van der Waals surface area (Å²) in [4.78, 5) is 68.7. The zero-order valence-electron chi connectivity index (χ0n) is 27.8. The topological polar surface area (TPSA) is 179 Å². The Kier molecular flexibility index (Phi) is 12.1. The highest BCUT2D eigenvalue weighted by Crippen LogP contribution is 2.34. The van der Waals surface area contributed by atoms with Gasteiger partial charge in [0.25, 0.3) is 5.91 Å². The van der Waals surface area contributed by atoms with Gasteiger partial charge in [-0.2, -0.15) is 0 Å². The lowest BCUT2D eigenvalue weighted by Gasteiger charge is -2.26. The average molecular weight is 654 g/mol. The molecule has 2 amide bonds. The summed E-state index contributed by atoms with van der Waals surface area (Å²) in [6, 6.07) is 4.41. The third kappa shape index (κ3) is 10.0. The molecular weight excluding hydrogens is 610 g/mol. The van der Waals surface area contributed by atoms with Crippen LogP contribution >= 0.6 is 0 Å². The molecule has 1 aromatic carbocycles. The maximum absolute atomic E-state index is 13.6. The molecule has 1 saturated carbocycles. The number of nitrogens with one attached hydrogen (secondary N) is 2. The summed E-state index contributed by atoms with van der Waals surface area (Å²) >= 11 is 0. The van der Waals surface area contributed by atoms with E-state index in [1.54, 1.807) is 27.7 Å². The van der Waals surface area contributed by atoms with Crippen molar-refractivity contribution in [2.24, 2.45) is 11.8 Å². The van der Waals surface area contributed by atoms with E-state index < -0.39 is 53.5 Å². The van der Waals surface area contributed by atoms with Crippen LogP contribution < -0.4 is 15.4 Å². The van der Waals surface area contributed by atoms with Crippen LogP contribution in [0, 0.1) is 11.8 Å². The molecular formula is C34H43N3O10. The second-order valence-corrected chi connectivity index (χ2v) is 12.3. The van der Waals surface area contributed by atoms with Crippen LogP contribution in [0.2, 0.25) is 0 Å². The van der Waals surface area contributed by atoms with Crippen LogP contribution in [0.4, 0.5) is 4.79 Å². The number of aromatic nitrogens is 1. The molecule has 13 heteroatoms. The number of rotatable bonds is 14. The zero-order valence-corrected chi connectivity index (χ0v) is 27.8. The Morgan fingerprint density at radius 1 is 1.09 bits per heavy atom. The third-order valence-corrected chi connectivity index (χ3v) is 7.37. The Bertz CT molecular complexity index is 1530. The molecule has 0 spiro atoms. The van der Waals surface area contributed by atoms with Crippen molar-refractivity contribution in [2.75, 3.05) is 13.7 Å². The van der Waals surface area contributed by atoms with Gasteiger partial charge in [-0.05, 0) is 69.7 Å². The molecule has 3 rings (SSSR count). The van der Waals surface area contributed by atoms with E-state index in [9.17, 15) is 29.1 Å². The lowest BCUT2D eigenvalue weighted by atomic mass is 9.95. The fraction of sp³-hybridized carbons (Fsp3) is 0.471. The number of carboxylic acids is 1. The summed E-state index contributed by atoms with van der Waals surface area (Å²) in [5.41, 5.74) is -0.995. The van der Waals surface area contributed by atoms with Gasteiger partial charge in [0.2, 0.25) is 6.29 Å². The average Bonchev–Trinajstić information content (AvgIpc) is 3.84. The van der Waals surface area contributed by atoms with Gasteiger partial charge in [0.1, 0.15) is 23.1 Å². The molecule has 0 aliphatic heterocycles. The first-order chi connectivity index (χ1) is 22.1. The fourth-order valence-corrected chi connectivity index (χ4v) is 4.51. The van der Waals surface area contributed by atoms with Crippen LogP contribution in [0.1, 0.15) is 97.7 Å². The molecule has 3 N–H and O–H groups in total. The first-order valence-corrected chi connectivity index (χ1v) is 15.4. The predicted octanol–water partition coefficient (Wildman–Crippen LogP) is 5.22.